The first kappa shape index (κ1) is 26.6. The molecule has 2 aromatic carbocycles. The number of nitrogens with zero attached hydrogens (tertiary/aromatic N) is 1. The number of carbonyl (C=O) groups is 2. The number of ether oxygens (including phenoxy) is 2. The summed E-state index contributed by atoms with van der Waals surface area (Å²) < 4.78 is 10.5. The molecule has 1 aromatic heterocycles. The summed E-state index contributed by atoms with van der Waals surface area (Å²) in [5, 5.41) is 10.2. The van der Waals surface area contributed by atoms with Crippen molar-refractivity contribution >= 4 is 28.3 Å². The molecule has 0 radical (unpaired) electrons. The van der Waals surface area contributed by atoms with Crippen LogP contribution in [0.2, 0.25) is 0 Å². The van der Waals surface area contributed by atoms with Crippen molar-refractivity contribution in [2.45, 2.75) is 51.6 Å². The maximum Gasteiger partial charge on any atom is 0.257 e. The third-order valence-electron chi connectivity index (χ3n) is 6.49. The Labute approximate surface area is 221 Å². The Morgan fingerprint density at radius 3 is 2.62 bits per heavy atom. The van der Waals surface area contributed by atoms with Crippen molar-refractivity contribution in [1.82, 2.24) is 15.6 Å². The number of benzene rings is 2. The fraction of sp³-hybridized carbons (Fsp3) is 0.393. The van der Waals surface area contributed by atoms with Gasteiger partial charge in [0.2, 0.25) is 0 Å². The molecule has 8 nitrogen and oxygen atoms in total. The number of carbonyl (C=O) groups excluding carboxylic acids is 2. The van der Waals surface area contributed by atoms with Gasteiger partial charge in [0, 0.05) is 22.0 Å². The summed E-state index contributed by atoms with van der Waals surface area (Å²) >= 11 is 1.56. The molecule has 196 valence electrons. The number of rotatable bonds is 10. The van der Waals surface area contributed by atoms with Crippen LogP contribution in [0.4, 0.5) is 5.13 Å². The molecule has 3 aromatic rings. The number of thiazole rings is 1. The lowest BCUT2D eigenvalue weighted by atomic mass is 9.98. The van der Waals surface area contributed by atoms with Crippen LogP contribution in [0.3, 0.4) is 0 Å². The van der Waals surface area contributed by atoms with Gasteiger partial charge in [0.1, 0.15) is 0 Å². The predicted octanol–water partition coefficient (Wildman–Crippen LogP) is 4.76. The zero-order valence-corrected chi connectivity index (χ0v) is 22.5. The molecule has 3 N–H and O–H groups in total. The summed E-state index contributed by atoms with van der Waals surface area (Å²) in [7, 11) is 3.08. The summed E-state index contributed by atoms with van der Waals surface area (Å²) in [6.07, 6.45) is 4.06. The third-order valence-corrected chi connectivity index (χ3v) is 7.52. The molecule has 0 spiro atoms. The molecule has 4 rings (SSSR count). The second-order valence-corrected chi connectivity index (χ2v) is 10.2. The number of aryl methyl sites for hydroxylation is 1. The number of hydrogen-bond donors (Lipinski definition) is 3. The first-order valence-corrected chi connectivity index (χ1v) is 13.4. The first-order chi connectivity index (χ1) is 17.9. The van der Waals surface area contributed by atoms with Crippen molar-refractivity contribution in [3.05, 3.63) is 69.7 Å². The Morgan fingerprint density at radius 2 is 1.86 bits per heavy atom. The van der Waals surface area contributed by atoms with E-state index in [2.05, 4.69) is 27.9 Å². The van der Waals surface area contributed by atoms with Crippen molar-refractivity contribution in [2.75, 3.05) is 26.1 Å². The summed E-state index contributed by atoms with van der Waals surface area (Å²) in [5.41, 5.74) is 2.89. The third kappa shape index (κ3) is 6.47. The molecule has 0 saturated carbocycles. The van der Waals surface area contributed by atoms with E-state index in [1.165, 1.54) is 12.0 Å². The summed E-state index contributed by atoms with van der Waals surface area (Å²) in [5.74, 6) is 0.577. The van der Waals surface area contributed by atoms with Crippen LogP contribution in [0.15, 0.2) is 42.5 Å². The number of hydrogen-bond acceptors (Lipinski definition) is 7. The number of methoxy groups -OCH3 is 2. The van der Waals surface area contributed by atoms with E-state index in [4.69, 9.17) is 9.47 Å². The number of anilines is 1. The molecule has 9 heteroatoms. The molecule has 0 fully saturated rings. The topological polar surface area (TPSA) is 102 Å². The molecule has 37 heavy (non-hydrogen) atoms. The fourth-order valence-corrected chi connectivity index (χ4v) is 5.49. The molecule has 1 aliphatic carbocycles. The predicted molar refractivity (Wildman–Crippen MR) is 146 cm³/mol. The zero-order chi connectivity index (χ0) is 26.4. The lowest BCUT2D eigenvalue weighted by Crippen LogP contribution is -2.34. The highest BCUT2D eigenvalue weighted by atomic mass is 32.1. The summed E-state index contributed by atoms with van der Waals surface area (Å²) in [6.45, 7) is 5.07. The van der Waals surface area contributed by atoms with E-state index >= 15 is 0 Å². The van der Waals surface area contributed by atoms with E-state index in [9.17, 15) is 9.59 Å². The van der Waals surface area contributed by atoms with Crippen LogP contribution < -0.4 is 25.4 Å². The van der Waals surface area contributed by atoms with Gasteiger partial charge in [-0.3, -0.25) is 14.9 Å². The number of amides is 2. The van der Waals surface area contributed by atoms with E-state index in [1.807, 2.05) is 19.1 Å². The van der Waals surface area contributed by atoms with Gasteiger partial charge in [-0.2, -0.15) is 0 Å². The highest BCUT2D eigenvalue weighted by molar-refractivity contribution is 7.15. The standard InChI is InChI=1S/C28H34N4O4S/c1-5-13-29-21-10-11-22-25(16-21)37-28(31-22)32-27(34)19-8-6-7-18(14-19)17(2)30-26(33)20-9-12-23(35-3)24(15-20)36-4/h6-9,12,14-15,17,21,29H,5,10-11,13,16H2,1-4H3,(H,30,33)(H,31,32,34)/t17-,21?/m1/s1. The minimum atomic E-state index is -0.312. The van der Waals surface area contributed by atoms with E-state index in [0.717, 1.165) is 43.5 Å². The van der Waals surface area contributed by atoms with Gasteiger partial charge in [-0.1, -0.05) is 19.1 Å². The molecule has 0 saturated heterocycles. The molecule has 1 aliphatic rings. The first-order valence-electron chi connectivity index (χ1n) is 12.6. The average molecular weight is 523 g/mol. The van der Waals surface area contributed by atoms with E-state index in [1.54, 1.807) is 48.8 Å². The minimum absolute atomic E-state index is 0.216. The number of aromatic nitrogens is 1. The van der Waals surface area contributed by atoms with Crippen molar-refractivity contribution in [1.29, 1.82) is 0 Å². The van der Waals surface area contributed by atoms with Crippen molar-refractivity contribution in [3.63, 3.8) is 0 Å². The van der Waals surface area contributed by atoms with Gasteiger partial charge in [0.15, 0.2) is 16.6 Å². The second kappa shape index (κ2) is 12.2. The van der Waals surface area contributed by atoms with Gasteiger partial charge >= 0.3 is 0 Å². The highest BCUT2D eigenvalue weighted by Crippen LogP contribution is 2.31. The zero-order valence-electron chi connectivity index (χ0n) is 21.7. The number of nitrogens with one attached hydrogen (secondary N) is 3. The highest BCUT2D eigenvalue weighted by Gasteiger charge is 2.23. The van der Waals surface area contributed by atoms with Crippen molar-refractivity contribution < 1.29 is 19.1 Å². The maximum atomic E-state index is 13.0. The number of fused-ring (bicyclic) bond motifs is 1. The van der Waals surface area contributed by atoms with Gasteiger partial charge < -0.3 is 20.1 Å². The van der Waals surface area contributed by atoms with Gasteiger partial charge in [-0.15, -0.1) is 11.3 Å². The average Bonchev–Trinajstić information content (AvgIpc) is 3.32. The Kier molecular flexibility index (Phi) is 8.78. The molecular weight excluding hydrogens is 488 g/mol. The molecule has 0 aliphatic heterocycles. The van der Waals surface area contributed by atoms with Crippen LogP contribution in [0.25, 0.3) is 0 Å². The fourth-order valence-electron chi connectivity index (χ4n) is 4.41. The maximum absolute atomic E-state index is 13.0. The van der Waals surface area contributed by atoms with Crippen molar-refractivity contribution in [2.24, 2.45) is 0 Å². The molecule has 0 bridgehead atoms. The van der Waals surface area contributed by atoms with Crippen LogP contribution in [0.5, 0.6) is 11.5 Å². The smallest absolute Gasteiger partial charge is 0.257 e. The quantitative estimate of drug-likeness (QED) is 0.355. The summed E-state index contributed by atoms with van der Waals surface area (Å²) in [6, 6.07) is 12.5. The van der Waals surface area contributed by atoms with Gasteiger partial charge in [0.05, 0.1) is 26.0 Å². The SMILES string of the molecule is CCCNC1CCc2nc(NC(=O)c3cccc([C@@H](C)NC(=O)c4ccc(OC)c(OC)c4)c3)sc2C1. The largest absolute Gasteiger partial charge is 0.493 e. The van der Waals surface area contributed by atoms with Gasteiger partial charge in [-0.25, -0.2) is 4.98 Å². The molecule has 2 atom stereocenters. The van der Waals surface area contributed by atoms with Gasteiger partial charge in [0.25, 0.3) is 11.8 Å². The lowest BCUT2D eigenvalue weighted by Gasteiger charge is -2.21. The summed E-state index contributed by atoms with van der Waals surface area (Å²) in [4.78, 5) is 31.8. The second-order valence-electron chi connectivity index (χ2n) is 9.13. The minimum Gasteiger partial charge on any atom is -0.493 e. The lowest BCUT2D eigenvalue weighted by molar-refractivity contribution is 0.0939. The van der Waals surface area contributed by atoms with Crippen LogP contribution in [0.1, 0.15) is 69.6 Å². The van der Waals surface area contributed by atoms with Gasteiger partial charge in [-0.05, 0) is 75.0 Å². The molecule has 1 heterocycles. The van der Waals surface area contributed by atoms with Crippen molar-refractivity contribution in [3.8, 4) is 11.5 Å². The van der Waals surface area contributed by atoms with E-state index < -0.39 is 0 Å². The Hall–Kier alpha value is -3.43. The van der Waals surface area contributed by atoms with Crippen LogP contribution >= 0.6 is 11.3 Å². The monoisotopic (exact) mass is 522 g/mol. The molecule has 1 unspecified atom stereocenters. The Bertz CT molecular complexity index is 1260. The van der Waals surface area contributed by atoms with Crippen LogP contribution in [-0.2, 0) is 12.8 Å². The molecular formula is C28H34N4O4S. The van der Waals surface area contributed by atoms with E-state index in [-0.39, 0.29) is 17.9 Å². The van der Waals surface area contributed by atoms with E-state index in [0.29, 0.717) is 33.8 Å². The Balaban J connectivity index is 1.40. The molecule has 2 amide bonds. The Morgan fingerprint density at radius 1 is 1.08 bits per heavy atom. The van der Waals surface area contributed by atoms with Crippen LogP contribution in [0, 0.1) is 0 Å². The normalized spacial score (nSPS) is 15.4. The van der Waals surface area contributed by atoms with Crippen LogP contribution in [-0.4, -0.2) is 43.6 Å².